The molecule has 0 aliphatic rings. The second kappa shape index (κ2) is 7.31. The number of hydrogen-bond donors (Lipinski definition) is 1. The molecule has 1 rings (SSSR count). The average molecular weight is 286 g/mol. The van der Waals surface area contributed by atoms with Gasteiger partial charge in [0.25, 0.3) is 5.91 Å². The molecule has 1 heterocycles. The molecule has 0 spiro atoms. The zero-order chi connectivity index (χ0) is 14.4. The van der Waals surface area contributed by atoms with E-state index >= 15 is 0 Å². The Morgan fingerprint density at radius 3 is 2.74 bits per heavy atom. The van der Waals surface area contributed by atoms with E-state index in [4.69, 9.17) is 16.3 Å². The van der Waals surface area contributed by atoms with Crippen molar-refractivity contribution in [2.75, 3.05) is 32.6 Å². The molecule has 0 aromatic carbocycles. The lowest BCUT2D eigenvalue weighted by Crippen LogP contribution is -2.39. The van der Waals surface area contributed by atoms with Crippen molar-refractivity contribution in [2.45, 2.75) is 19.9 Å². The van der Waals surface area contributed by atoms with Gasteiger partial charge < -0.3 is 15.0 Å². The van der Waals surface area contributed by atoms with Crippen LogP contribution in [0.15, 0.2) is 12.1 Å². The zero-order valence-electron chi connectivity index (χ0n) is 11.7. The van der Waals surface area contributed by atoms with Gasteiger partial charge in [-0.15, -0.1) is 0 Å². The molecule has 0 aliphatic carbocycles. The van der Waals surface area contributed by atoms with Crippen molar-refractivity contribution in [2.24, 2.45) is 0 Å². The summed E-state index contributed by atoms with van der Waals surface area (Å²) in [5, 5.41) is 3.18. The Morgan fingerprint density at radius 1 is 1.53 bits per heavy atom. The van der Waals surface area contributed by atoms with Crippen molar-refractivity contribution >= 4 is 23.3 Å². The standard InChI is InChI=1S/C13H20ClN3O2/c1-9(2)17(5-6-19-4)13(18)10-7-11(14)16-12(8-10)15-3/h7-9H,5-6H2,1-4H3,(H,15,16). The highest BCUT2D eigenvalue weighted by atomic mass is 35.5. The molecule has 19 heavy (non-hydrogen) atoms. The lowest BCUT2D eigenvalue weighted by molar-refractivity contribution is 0.0635. The summed E-state index contributed by atoms with van der Waals surface area (Å²) in [6.45, 7) is 4.98. The molecule has 0 unspecified atom stereocenters. The Labute approximate surface area is 118 Å². The number of carbonyl (C=O) groups is 1. The van der Waals surface area contributed by atoms with E-state index in [9.17, 15) is 4.79 Å². The molecule has 1 amide bonds. The van der Waals surface area contributed by atoms with E-state index in [-0.39, 0.29) is 11.9 Å². The minimum atomic E-state index is -0.0761. The number of rotatable bonds is 6. The molecule has 1 aromatic rings. The molecule has 0 saturated heterocycles. The largest absolute Gasteiger partial charge is 0.383 e. The third kappa shape index (κ3) is 4.36. The van der Waals surface area contributed by atoms with E-state index in [2.05, 4.69) is 10.3 Å². The minimum absolute atomic E-state index is 0.0761. The first-order chi connectivity index (χ1) is 8.99. The van der Waals surface area contributed by atoms with Gasteiger partial charge in [-0.05, 0) is 26.0 Å². The lowest BCUT2D eigenvalue weighted by atomic mass is 10.2. The first kappa shape index (κ1) is 15.7. The highest BCUT2D eigenvalue weighted by Crippen LogP contribution is 2.17. The van der Waals surface area contributed by atoms with E-state index in [0.717, 1.165) is 0 Å². The van der Waals surface area contributed by atoms with Crippen molar-refractivity contribution in [3.05, 3.63) is 22.8 Å². The number of nitrogens with one attached hydrogen (secondary N) is 1. The maximum atomic E-state index is 12.5. The van der Waals surface area contributed by atoms with Crippen LogP contribution >= 0.6 is 11.6 Å². The number of ether oxygens (including phenoxy) is 1. The maximum absolute atomic E-state index is 12.5. The van der Waals surface area contributed by atoms with Gasteiger partial charge in [-0.1, -0.05) is 11.6 Å². The Morgan fingerprint density at radius 2 is 2.21 bits per heavy atom. The number of amides is 1. The fourth-order valence-electron chi connectivity index (χ4n) is 1.70. The third-order valence-corrected chi connectivity index (χ3v) is 2.91. The maximum Gasteiger partial charge on any atom is 0.254 e. The van der Waals surface area contributed by atoms with Gasteiger partial charge in [0, 0.05) is 32.3 Å². The molecule has 0 saturated carbocycles. The van der Waals surface area contributed by atoms with Crippen molar-refractivity contribution < 1.29 is 9.53 Å². The van der Waals surface area contributed by atoms with Crippen LogP contribution in [-0.2, 0) is 4.74 Å². The van der Waals surface area contributed by atoms with Gasteiger partial charge in [0.05, 0.1) is 6.61 Å². The molecule has 0 fully saturated rings. The van der Waals surface area contributed by atoms with Crippen LogP contribution in [-0.4, -0.2) is 49.1 Å². The second-order valence-corrected chi connectivity index (χ2v) is 4.79. The number of pyridine rings is 1. The van der Waals surface area contributed by atoms with Crippen LogP contribution in [0.5, 0.6) is 0 Å². The van der Waals surface area contributed by atoms with Crippen LogP contribution in [0, 0.1) is 0 Å². The molecule has 6 heteroatoms. The van der Waals surface area contributed by atoms with Gasteiger partial charge in [-0.2, -0.15) is 0 Å². The smallest absolute Gasteiger partial charge is 0.254 e. The second-order valence-electron chi connectivity index (χ2n) is 4.40. The van der Waals surface area contributed by atoms with Crippen molar-refractivity contribution in [1.82, 2.24) is 9.88 Å². The molecule has 0 bridgehead atoms. The molecule has 106 valence electrons. The Kier molecular flexibility index (Phi) is 6.05. The average Bonchev–Trinajstić information content (AvgIpc) is 2.37. The summed E-state index contributed by atoms with van der Waals surface area (Å²) in [6.07, 6.45) is 0. The minimum Gasteiger partial charge on any atom is -0.383 e. The van der Waals surface area contributed by atoms with Crippen LogP contribution in [0.2, 0.25) is 5.15 Å². The summed E-state index contributed by atoms with van der Waals surface area (Å²) in [5.74, 6) is 0.499. The van der Waals surface area contributed by atoms with Crippen molar-refractivity contribution in [3.63, 3.8) is 0 Å². The number of hydrogen-bond acceptors (Lipinski definition) is 4. The molecule has 0 atom stereocenters. The predicted octanol–water partition coefficient (Wildman–Crippen LogP) is 2.27. The molecule has 0 aliphatic heterocycles. The summed E-state index contributed by atoms with van der Waals surface area (Å²) in [5.41, 5.74) is 0.522. The monoisotopic (exact) mass is 285 g/mol. The predicted molar refractivity (Wildman–Crippen MR) is 76.8 cm³/mol. The van der Waals surface area contributed by atoms with Gasteiger partial charge in [0.2, 0.25) is 0 Å². The molecule has 5 nitrogen and oxygen atoms in total. The molecular formula is C13H20ClN3O2. The number of anilines is 1. The third-order valence-electron chi connectivity index (χ3n) is 2.72. The molecule has 0 radical (unpaired) electrons. The van der Waals surface area contributed by atoms with E-state index in [0.29, 0.717) is 29.7 Å². The van der Waals surface area contributed by atoms with Crippen LogP contribution in [0.3, 0.4) is 0 Å². The zero-order valence-corrected chi connectivity index (χ0v) is 12.5. The normalized spacial score (nSPS) is 10.6. The van der Waals surface area contributed by atoms with E-state index in [1.54, 1.807) is 31.2 Å². The number of halogens is 1. The molecule has 1 N–H and O–H groups in total. The van der Waals surface area contributed by atoms with Crippen LogP contribution < -0.4 is 5.32 Å². The summed E-state index contributed by atoms with van der Waals surface area (Å²) in [7, 11) is 3.35. The van der Waals surface area contributed by atoms with Gasteiger partial charge in [-0.25, -0.2) is 4.98 Å². The fourth-order valence-corrected chi connectivity index (χ4v) is 1.91. The SMILES string of the molecule is CNc1cc(C(=O)N(CCOC)C(C)C)cc(Cl)n1. The number of aromatic nitrogens is 1. The van der Waals surface area contributed by atoms with Crippen molar-refractivity contribution in [3.8, 4) is 0 Å². The van der Waals surface area contributed by atoms with E-state index < -0.39 is 0 Å². The van der Waals surface area contributed by atoms with Gasteiger partial charge >= 0.3 is 0 Å². The quantitative estimate of drug-likeness (QED) is 0.815. The van der Waals surface area contributed by atoms with Crippen LogP contribution in [0.1, 0.15) is 24.2 Å². The van der Waals surface area contributed by atoms with Gasteiger partial charge in [0.1, 0.15) is 11.0 Å². The summed E-state index contributed by atoms with van der Waals surface area (Å²) in [6, 6.07) is 3.36. The Bertz CT molecular complexity index is 438. The van der Waals surface area contributed by atoms with E-state index in [1.807, 2.05) is 13.8 Å². The number of methoxy groups -OCH3 is 1. The van der Waals surface area contributed by atoms with Gasteiger partial charge in [0.15, 0.2) is 0 Å². The Hall–Kier alpha value is -1.33. The summed E-state index contributed by atoms with van der Waals surface area (Å²) >= 11 is 5.91. The molecule has 1 aromatic heterocycles. The number of nitrogens with zero attached hydrogens (tertiary/aromatic N) is 2. The topological polar surface area (TPSA) is 54.5 Å². The lowest BCUT2D eigenvalue weighted by Gasteiger charge is -2.26. The molecular weight excluding hydrogens is 266 g/mol. The summed E-state index contributed by atoms with van der Waals surface area (Å²) in [4.78, 5) is 18.3. The van der Waals surface area contributed by atoms with E-state index in [1.165, 1.54) is 0 Å². The van der Waals surface area contributed by atoms with Crippen LogP contribution in [0.4, 0.5) is 5.82 Å². The van der Waals surface area contributed by atoms with Crippen LogP contribution in [0.25, 0.3) is 0 Å². The number of carbonyl (C=O) groups excluding carboxylic acids is 1. The highest BCUT2D eigenvalue weighted by molar-refractivity contribution is 6.29. The van der Waals surface area contributed by atoms with Crippen molar-refractivity contribution in [1.29, 1.82) is 0 Å². The summed E-state index contributed by atoms with van der Waals surface area (Å²) < 4.78 is 5.03. The first-order valence-corrected chi connectivity index (χ1v) is 6.52. The Balaban J connectivity index is 2.98. The van der Waals surface area contributed by atoms with Gasteiger partial charge in [-0.3, -0.25) is 4.79 Å². The first-order valence-electron chi connectivity index (χ1n) is 6.14. The highest BCUT2D eigenvalue weighted by Gasteiger charge is 2.19. The fraction of sp³-hybridized carbons (Fsp3) is 0.538.